The number of halogens is 2. The maximum absolute atomic E-state index is 10.8. The highest BCUT2D eigenvalue weighted by Gasteiger charge is 2.09. The Kier molecular flexibility index (Phi) is 10.6. The zero-order chi connectivity index (χ0) is 10.8. The first-order valence-corrected chi connectivity index (χ1v) is 7.22. The standard InChI is InChI=1S/C11H20Br2O/c1-2-3-4-5-6-7-8-9-10(12)11(13)14/h10H,2-9H2,1H3. The molecule has 0 aliphatic heterocycles. The van der Waals surface area contributed by atoms with Gasteiger partial charge in [-0.15, -0.1) is 0 Å². The second-order valence-electron chi connectivity index (χ2n) is 3.68. The van der Waals surface area contributed by atoms with Gasteiger partial charge in [0.1, 0.15) is 0 Å². The summed E-state index contributed by atoms with van der Waals surface area (Å²) in [5, 5.41) is 0. The fourth-order valence-electron chi connectivity index (χ4n) is 1.39. The van der Waals surface area contributed by atoms with E-state index in [1.54, 1.807) is 0 Å². The molecule has 0 saturated carbocycles. The maximum Gasteiger partial charge on any atom is 0.211 e. The number of hydrogen-bond donors (Lipinski definition) is 0. The van der Waals surface area contributed by atoms with Crippen LogP contribution in [0.5, 0.6) is 0 Å². The van der Waals surface area contributed by atoms with Crippen LogP contribution in [-0.4, -0.2) is 9.52 Å². The molecular formula is C11H20Br2O. The first-order valence-electron chi connectivity index (χ1n) is 5.52. The molecule has 0 fully saturated rings. The van der Waals surface area contributed by atoms with Crippen LogP contribution in [0.2, 0.25) is 0 Å². The zero-order valence-electron chi connectivity index (χ0n) is 8.90. The summed E-state index contributed by atoms with van der Waals surface area (Å²) in [6.45, 7) is 2.23. The molecule has 0 aromatic carbocycles. The number of hydrogen-bond acceptors (Lipinski definition) is 1. The van der Waals surface area contributed by atoms with Crippen molar-refractivity contribution >= 4 is 36.6 Å². The molecule has 0 heterocycles. The highest BCUT2D eigenvalue weighted by molar-refractivity contribution is 9.20. The molecule has 0 N–H and O–H groups in total. The van der Waals surface area contributed by atoms with Gasteiger partial charge in [0, 0.05) is 0 Å². The summed E-state index contributed by atoms with van der Waals surface area (Å²) in [5.74, 6) is 0. The van der Waals surface area contributed by atoms with Gasteiger partial charge in [-0.2, -0.15) is 0 Å². The molecule has 0 aromatic heterocycles. The first-order chi connectivity index (χ1) is 6.68. The van der Waals surface area contributed by atoms with E-state index in [1.807, 2.05) is 0 Å². The largest absolute Gasteiger partial charge is 0.285 e. The molecule has 0 saturated heterocycles. The van der Waals surface area contributed by atoms with Gasteiger partial charge < -0.3 is 0 Å². The summed E-state index contributed by atoms with van der Waals surface area (Å²) in [6, 6.07) is 0. The Morgan fingerprint density at radius 3 is 2.07 bits per heavy atom. The smallest absolute Gasteiger partial charge is 0.211 e. The zero-order valence-corrected chi connectivity index (χ0v) is 12.1. The monoisotopic (exact) mass is 326 g/mol. The molecule has 1 atom stereocenters. The number of carbonyl (C=O) groups excluding carboxylic acids is 1. The van der Waals surface area contributed by atoms with Crippen molar-refractivity contribution in [2.24, 2.45) is 0 Å². The van der Waals surface area contributed by atoms with Crippen molar-refractivity contribution < 1.29 is 4.79 Å². The van der Waals surface area contributed by atoms with Crippen LogP contribution in [-0.2, 0) is 4.79 Å². The van der Waals surface area contributed by atoms with Crippen molar-refractivity contribution in [2.45, 2.75) is 63.1 Å². The van der Waals surface area contributed by atoms with E-state index in [1.165, 1.54) is 38.5 Å². The average Bonchev–Trinajstić information content (AvgIpc) is 2.16. The van der Waals surface area contributed by atoms with Crippen LogP contribution in [0.15, 0.2) is 0 Å². The molecule has 1 nitrogen and oxygen atoms in total. The molecule has 1 unspecified atom stereocenters. The minimum absolute atomic E-state index is 0.0122. The predicted octanol–water partition coefficient (Wildman–Crippen LogP) is 4.81. The van der Waals surface area contributed by atoms with E-state index in [0.29, 0.717) is 0 Å². The molecule has 0 amide bonds. The summed E-state index contributed by atoms with van der Waals surface area (Å²) < 4.78 is 0.0727. The van der Waals surface area contributed by atoms with E-state index < -0.39 is 0 Å². The van der Waals surface area contributed by atoms with Crippen LogP contribution in [0.25, 0.3) is 0 Å². The van der Waals surface area contributed by atoms with E-state index in [-0.39, 0.29) is 9.52 Å². The molecule has 0 radical (unpaired) electrons. The van der Waals surface area contributed by atoms with Crippen LogP contribution in [0, 0.1) is 0 Å². The van der Waals surface area contributed by atoms with E-state index in [2.05, 4.69) is 38.8 Å². The molecule has 0 aliphatic carbocycles. The molecule has 0 bridgehead atoms. The second kappa shape index (κ2) is 10.2. The fraction of sp³-hybridized carbons (Fsp3) is 0.909. The van der Waals surface area contributed by atoms with Crippen LogP contribution in [0.4, 0.5) is 0 Å². The maximum atomic E-state index is 10.8. The molecule has 0 spiro atoms. The Morgan fingerprint density at radius 2 is 1.57 bits per heavy atom. The van der Waals surface area contributed by atoms with Crippen molar-refractivity contribution in [1.29, 1.82) is 0 Å². The Labute approximate surface area is 104 Å². The lowest BCUT2D eigenvalue weighted by molar-refractivity contribution is -0.109. The van der Waals surface area contributed by atoms with Gasteiger partial charge in [-0.1, -0.05) is 67.8 Å². The van der Waals surface area contributed by atoms with Gasteiger partial charge in [0.25, 0.3) is 0 Å². The van der Waals surface area contributed by atoms with E-state index >= 15 is 0 Å². The van der Waals surface area contributed by atoms with Gasteiger partial charge in [0.15, 0.2) is 0 Å². The van der Waals surface area contributed by atoms with Crippen LogP contribution >= 0.6 is 31.9 Å². The quantitative estimate of drug-likeness (QED) is 0.337. The highest BCUT2D eigenvalue weighted by Crippen LogP contribution is 2.16. The fourth-order valence-corrected chi connectivity index (χ4v) is 1.95. The minimum atomic E-state index is 0.0122. The van der Waals surface area contributed by atoms with Crippen molar-refractivity contribution in [3.8, 4) is 0 Å². The van der Waals surface area contributed by atoms with Crippen LogP contribution in [0.1, 0.15) is 58.3 Å². The van der Waals surface area contributed by atoms with Gasteiger partial charge in [-0.05, 0) is 22.4 Å². The molecule has 0 rings (SSSR count). The van der Waals surface area contributed by atoms with E-state index in [4.69, 9.17) is 0 Å². The SMILES string of the molecule is CCCCCCCCCC(Br)C(=O)Br. The topological polar surface area (TPSA) is 17.1 Å². The van der Waals surface area contributed by atoms with Gasteiger partial charge in [-0.3, -0.25) is 4.79 Å². The van der Waals surface area contributed by atoms with Crippen LogP contribution in [0.3, 0.4) is 0 Å². The molecule has 14 heavy (non-hydrogen) atoms. The third kappa shape index (κ3) is 9.20. The number of carbonyl (C=O) groups is 1. The third-order valence-electron chi connectivity index (χ3n) is 2.31. The lowest BCUT2D eigenvalue weighted by atomic mass is 10.1. The summed E-state index contributed by atoms with van der Waals surface area (Å²) in [4.78, 5) is 10.8. The van der Waals surface area contributed by atoms with E-state index in [9.17, 15) is 4.79 Å². The summed E-state index contributed by atoms with van der Waals surface area (Å²) >= 11 is 6.30. The Balaban J connectivity index is 3.09. The van der Waals surface area contributed by atoms with E-state index in [0.717, 1.165) is 12.8 Å². The van der Waals surface area contributed by atoms with Crippen molar-refractivity contribution in [3.63, 3.8) is 0 Å². The summed E-state index contributed by atoms with van der Waals surface area (Å²) in [5.41, 5.74) is 0. The minimum Gasteiger partial charge on any atom is -0.285 e. The lowest BCUT2D eigenvalue weighted by Crippen LogP contribution is -2.05. The Hall–Kier alpha value is 0.630. The molecule has 0 aromatic rings. The van der Waals surface area contributed by atoms with Gasteiger partial charge >= 0.3 is 0 Å². The Morgan fingerprint density at radius 1 is 1.07 bits per heavy atom. The first kappa shape index (κ1) is 14.6. The molecule has 84 valence electrons. The van der Waals surface area contributed by atoms with Gasteiger partial charge in [-0.25, -0.2) is 0 Å². The Bertz CT molecular complexity index is 148. The predicted molar refractivity (Wildman–Crippen MR) is 69.3 cm³/mol. The highest BCUT2D eigenvalue weighted by atomic mass is 79.9. The number of rotatable bonds is 9. The number of unbranched alkanes of at least 4 members (excludes halogenated alkanes) is 6. The lowest BCUT2D eigenvalue weighted by Gasteiger charge is -2.04. The van der Waals surface area contributed by atoms with Crippen LogP contribution < -0.4 is 0 Å². The third-order valence-corrected chi connectivity index (χ3v) is 4.35. The van der Waals surface area contributed by atoms with Crippen molar-refractivity contribution in [2.75, 3.05) is 0 Å². The second-order valence-corrected chi connectivity index (χ2v) is 5.57. The molecule has 3 heteroatoms. The normalized spacial score (nSPS) is 12.8. The molecule has 0 aliphatic rings. The summed E-state index contributed by atoms with van der Waals surface area (Å²) in [6.07, 6.45) is 10.1. The van der Waals surface area contributed by atoms with Gasteiger partial charge in [0.05, 0.1) is 4.83 Å². The van der Waals surface area contributed by atoms with Gasteiger partial charge in [0.2, 0.25) is 4.69 Å². The van der Waals surface area contributed by atoms with Crippen molar-refractivity contribution in [3.05, 3.63) is 0 Å². The average molecular weight is 328 g/mol. The summed E-state index contributed by atoms with van der Waals surface area (Å²) in [7, 11) is 0. The number of alkyl halides is 1. The van der Waals surface area contributed by atoms with Crippen molar-refractivity contribution in [1.82, 2.24) is 0 Å². The molecular weight excluding hydrogens is 308 g/mol.